The maximum atomic E-state index is 7.65. The monoisotopic (exact) mass is 946 g/mol. The Morgan fingerprint density at radius 1 is 0.559 bits per heavy atom. The van der Waals surface area contributed by atoms with E-state index in [-0.39, 0.29) is 24.9 Å². The lowest BCUT2D eigenvalue weighted by atomic mass is 9.92. The molecule has 5 aromatic rings. The zero-order chi connectivity index (χ0) is 47.5. The van der Waals surface area contributed by atoms with Crippen molar-refractivity contribution < 1.29 is 56.5 Å². The van der Waals surface area contributed by atoms with Gasteiger partial charge in [0, 0.05) is 12.7 Å². The van der Waals surface area contributed by atoms with Crippen molar-refractivity contribution in [3.8, 4) is 5.75 Å². The van der Waals surface area contributed by atoms with Gasteiger partial charge in [-0.1, -0.05) is 154 Å². The van der Waals surface area contributed by atoms with Crippen LogP contribution >= 0.6 is 0 Å². The summed E-state index contributed by atoms with van der Waals surface area (Å²) >= 11 is 0. The lowest BCUT2D eigenvalue weighted by molar-refractivity contribution is -0.402. The molecule has 5 aromatic carbocycles. The molecule has 0 aromatic heterocycles. The van der Waals surface area contributed by atoms with E-state index in [1.165, 1.54) is 0 Å². The molecule has 0 N–H and O–H groups in total. The van der Waals surface area contributed by atoms with Crippen molar-refractivity contribution in [3.63, 3.8) is 0 Å². The standard InChI is InChI=1S/C55H66O12Si/c1-36-44(48-50(52(57-8)61-36)67-55(5,6)66-48)63-53-49(59-34-38-23-15-10-16-24-38)46(58-33-37-21-13-9-14-22-37)47-45(64-53)43(62-51(65-47)39-29-31-40(56-7)32-30-39)35-60-68(54(2,3)4,41-25-17-11-18-26-41)42-27-19-12-20-28-42/h9-32,36,43-53H,33-35H2,1-8H3/t36-,43-,44-,45+,46-,47+,48+,49-,50+,51?,52+,53+/m0/s1. The normalized spacial score (nSPS) is 30.3. The molecule has 4 heterocycles. The van der Waals surface area contributed by atoms with Gasteiger partial charge in [-0.3, -0.25) is 0 Å². The maximum absolute atomic E-state index is 7.65. The van der Waals surface area contributed by atoms with Gasteiger partial charge in [0.15, 0.2) is 24.7 Å². The Morgan fingerprint density at radius 3 is 1.65 bits per heavy atom. The first-order valence-corrected chi connectivity index (χ1v) is 25.6. The van der Waals surface area contributed by atoms with Gasteiger partial charge in [0.1, 0.15) is 54.6 Å². The molecule has 9 rings (SSSR count). The van der Waals surface area contributed by atoms with Crippen LogP contribution in [0.4, 0.5) is 0 Å². The number of ether oxygens (including phenoxy) is 11. The second kappa shape index (κ2) is 21.0. The zero-order valence-corrected chi connectivity index (χ0v) is 41.3. The van der Waals surface area contributed by atoms with Crippen molar-refractivity contribution in [2.24, 2.45) is 0 Å². The van der Waals surface area contributed by atoms with E-state index < -0.39 is 87.9 Å². The minimum absolute atomic E-state index is 0.159. The van der Waals surface area contributed by atoms with Crippen LogP contribution in [0.15, 0.2) is 146 Å². The molecule has 0 saturated carbocycles. The predicted octanol–water partition coefficient (Wildman–Crippen LogP) is 8.25. The fourth-order valence-corrected chi connectivity index (χ4v) is 14.7. The first-order chi connectivity index (χ1) is 32.9. The Labute approximate surface area is 402 Å². The first kappa shape index (κ1) is 48.7. The third kappa shape index (κ3) is 10.3. The van der Waals surface area contributed by atoms with Crippen LogP contribution in [-0.4, -0.2) is 102 Å². The molecule has 1 unspecified atom stereocenters. The molecule has 0 aliphatic carbocycles. The van der Waals surface area contributed by atoms with Crippen molar-refractivity contribution in [2.45, 2.75) is 139 Å². The summed E-state index contributed by atoms with van der Waals surface area (Å²) in [6, 6.07) is 49.0. The highest BCUT2D eigenvalue weighted by Crippen LogP contribution is 2.45. The molecule has 4 aliphatic rings. The molecule has 4 saturated heterocycles. The van der Waals surface area contributed by atoms with Gasteiger partial charge in [-0.25, -0.2) is 0 Å². The second-order valence-electron chi connectivity index (χ2n) is 19.5. The number of hydrogen-bond acceptors (Lipinski definition) is 12. The molecule has 0 bridgehead atoms. The largest absolute Gasteiger partial charge is 0.497 e. The van der Waals surface area contributed by atoms with Gasteiger partial charge in [-0.05, 0) is 59.4 Å². The van der Waals surface area contributed by atoms with Crippen molar-refractivity contribution >= 4 is 18.7 Å². The number of rotatable bonds is 16. The average Bonchev–Trinajstić information content (AvgIpc) is 3.69. The number of fused-ring (bicyclic) bond motifs is 2. The van der Waals surface area contributed by atoms with Crippen LogP contribution in [-0.2, 0) is 65.0 Å². The van der Waals surface area contributed by atoms with Crippen molar-refractivity contribution in [1.29, 1.82) is 0 Å². The van der Waals surface area contributed by atoms with E-state index in [2.05, 4.69) is 69.3 Å². The van der Waals surface area contributed by atoms with Crippen LogP contribution < -0.4 is 15.1 Å². The van der Waals surface area contributed by atoms with Gasteiger partial charge in [-0.2, -0.15) is 0 Å². The van der Waals surface area contributed by atoms with E-state index in [1.54, 1.807) is 14.2 Å². The summed E-state index contributed by atoms with van der Waals surface area (Å²) in [6.45, 7) is 13.2. The molecule has 0 radical (unpaired) electrons. The molecular weight excluding hydrogens is 881 g/mol. The summed E-state index contributed by atoms with van der Waals surface area (Å²) in [6.07, 6.45) is -8.61. The van der Waals surface area contributed by atoms with Gasteiger partial charge in [-0.15, -0.1) is 0 Å². The molecule has 4 aliphatic heterocycles. The SMILES string of the molecule is COc1ccc(C2O[C@H]3[C@H](OCc4ccccc4)[C@H](OCc4ccccc4)[C@H](O[C@@H]4[C@H]5OC(C)(C)O[C@H]5[C@H](OC)O[C@H]4C)O[C@@H]3[C@H](CO[Si](c3ccccc3)(c3ccccc3)C(C)(C)C)O2)cc1. The molecule has 362 valence electrons. The van der Waals surface area contributed by atoms with Gasteiger partial charge in [0.25, 0.3) is 8.32 Å². The Kier molecular flexibility index (Phi) is 15.0. The van der Waals surface area contributed by atoms with Gasteiger partial charge in [0.2, 0.25) is 0 Å². The second-order valence-corrected chi connectivity index (χ2v) is 23.8. The Hall–Kier alpha value is -4.32. The lowest BCUT2D eigenvalue weighted by Crippen LogP contribution is -2.70. The molecule has 12 atom stereocenters. The molecule has 0 amide bonds. The van der Waals surface area contributed by atoms with Crippen LogP contribution in [0, 0.1) is 0 Å². The summed E-state index contributed by atoms with van der Waals surface area (Å²) in [5.41, 5.74) is 2.76. The summed E-state index contributed by atoms with van der Waals surface area (Å²) in [5, 5.41) is 1.99. The van der Waals surface area contributed by atoms with Crippen LogP contribution in [0.25, 0.3) is 0 Å². The van der Waals surface area contributed by atoms with Crippen molar-refractivity contribution in [2.75, 3.05) is 20.8 Å². The third-order valence-corrected chi connectivity index (χ3v) is 18.4. The molecule has 68 heavy (non-hydrogen) atoms. The smallest absolute Gasteiger partial charge is 0.261 e. The maximum Gasteiger partial charge on any atom is 0.261 e. The summed E-state index contributed by atoms with van der Waals surface area (Å²) in [4.78, 5) is 0. The number of methoxy groups -OCH3 is 2. The van der Waals surface area contributed by atoms with Crippen LogP contribution in [0.3, 0.4) is 0 Å². The molecule has 4 fully saturated rings. The van der Waals surface area contributed by atoms with E-state index in [1.807, 2.05) is 118 Å². The highest BCUT2D eigenvalue weighted by Gasteiger charge is 2.60. The van der Waals surface area contributed by atoms with Gasteiger partial charge >= 0.3 is 0 Å². The highest BCUT2D eigenvalue weighted by molar-refractivity contribution is 6.99. The minimum atomic E-state index is -3.08. The topological polar surface area (TPSA) is 111 Å². The van der Waals surface area contributed by atoms with E-state index >= 15 is 0 Å². The molecule has 0 spiro atoms. The van der Waals surface area contributed by atoms with Crippen LogP contribution in [0.5, 0.6) is 5.75 Å². The van der Waals surface area contributed by atoms with Gasteiger partial charge < -0.3 is 56.5 Å². The van der Waals surface area contributed by atoms with Crippen molar-refractivity contribution in [1.82, 2.24) is 0 Å². The summed E-state index contributed by atoms with van der Waals surface area (Å²) in [5.74, 6) is -0.205. The zero-order valence-electron chi connectivity index (χ0n) is 40.3. The molecule has 13 heteroatoms. The quantitative estimate of drug-likeness (QED) is 0.0889. The average molecular weight is 947 g/mol. The minimum Gasteiger partial charge on any atom is -0.497 e. The molecule has 12 nitrogen and oxygen atoms in total. The van der Waals surface area contributed by atoms with Crippen LogP contribution in [0.1, 0.15) is 64.5 Å². The summed E-state index contributed by atoms with van der Waals surface area (Å²) in [7, 11) is 0.172. The Balaban J connectivity index is 1.14. The Bertz CT molecular complexity index is 2290. The summed E-state index contributed by atoms with van der Waals surface area (Å²) < 4.78 is 81.4. The highest BCUT2D eigenvalue weighted by atomic mass is 28.4. The predicted molar refractivity (Wildman–Crippen MR) is 258 cm³/mol. The molecular formula is C55H66O12Si. The van der Waals surface area contributed by atoms with E-state index in [0.717, 1.165) is 27.1 Å². The lowest BCUT2D eigenvalue weighted by Gasteiger charge is -2.53. The third-order valence-electron chi connectivity index (χ3n) is 13.4. The number of benzene rings is 5. The first-order valence-electron chi connectivity index (χ1n) is 23.7. The fraction of sp³-hybridized carbons (Fsp3) is 0.455. The van der Waals surface area contributed by atoms with Crippen LogP contribution in [0.2, 0.25) is 5.04 Å². The van der Waals surface area contributed by atoms with Gasteiger partial charge in [0.05, 0.1) is 33.0 Å². The van der Waals surface area contributed by atoms with Crippen molar-refractivity contribution in [3.05, 3.63) is 162 Å². The number of hydrogen-bond donors (Lipinski definition) is 0. The fourth-order valence-electron chi connectivity index (χ4n) is 10.2. The van der Waals surface area contributed by atoms with E-state index in [0.29, 0.717) is 5.75 Å². The Morgan fingerprint density at radius 2 is 1.10 bits per heavy atom. The van der Waals surface area contributed by atoms with E-state index in [4.69, 9.17) is 56.5 Å². The van der Waals surface area contributed by atoms with E-state index in [9.17, 15) is 0 Å².